The molecule has 0 fully saturated rings. The van der Waals surface area contributed by atoms with Gasteiger partial charge in [-0.1, -0.05) is 11.6 Å². The van der Waals surface area contributed by atoms with Crippen LogP contribution in [0.4, 0.5) is 5.69 Å². The molecule has 0 spiro atoms. The predicted molar refractivity (Wildman–Crippen MR) is 62.5 cm³/mol. The van der Waals surface area contributed by atoms with Crippen molar-refractivity contribution in [3.63, 3.8) is 0 Å². The predicted octanol–water partition coefficient (Wildman–Crippen LogP) is 2.72. The lowest BCUT2D eigenvalue weighted by Crippen LogP contribution is -2.00. The zero-order valence-corrected chi connectivity index (χ0v) is 9.42. The molecule has 0 aliphatic carbocycles. The molecule has 2 rings (SSSR count). The zero-order chi connectivity index (χ0) is 11.0. The first-order valence-electron chi connectivity index (χ1n) is 4.65. The topological polar surface area (TPSA) is 43.8 Å². The van der Waals surface area contributed by atoms with Crippen molar-refractivity contribution in [2.75, 3.05) is 5.73 Å². The number of nitrogens with zero attached hydrogens (tertiary/aromatic N) is 2. The van der Waals surface area contributed by atoms with Crippen LogP contribution in [0.1, 0.15) is 11.4 Å². The zero-order valence-electron chi connectivity index (χ0n) is 8.66. The molecule has 1 aromatic carbocycles. The Kier molecular flexibility index (Phi) is 2.40. The van der Waals surface area contributed by atoms with E-state index in [4.69, 9.17) is 17.3 Å². The summed E-state index contributed by atoms with van der Waals surface area (Å²) in [5.74, 6) is 0. The fourth-order valence-corrected chi connectivity index (χ4v) is 1.67. The van der Waals surface area contributed by atoms with Gasteiger partial charge >= 0.3 is 0 Å². The fourth-order valence-electron chi connectivity index (χ4n) is 1.49. The van der Waals surface area contributed by atoms with Gasteiger partial charge in [0, 0.05) is 10.7 Å². The van der Waals surface area contributed by atoms with Crippen molar-refractivity contribution >= 4 is 17.3 Å². The molecule has 15 heavy (non-hydrogen) atoms. The van der Waals surface area contributed by atoms with Gasteiger partial charge in [-0.15, -0.1) is 0 Å². The second kappa shape index (κ2) is 3.59. The molecule has 0 amide bonds. The summed E-state index contributed by atoms with van der Waals surface area (Å²) in [4.78, 5) is 4.23. The molecule has 2 aromatic rings. The molecule has 4 heteroatoms. The maximum absolute atomic E-state index is 5.90. The number of anilines is 1. The SMILES string of the molecule is Cc1ncn(-c2ccc(Cl)cc2N)c1C. The molecular formula is C11H12ClN3. The van der Waals surface area contributed by atoms with Crippen LogP contribution in [0.25, 0.3) is 5.69 Å². The average molecular weight is 222 g/mol. The Morgan fingerprint density at radius 1 is 1.33 bits per heavy atom. The van der Waals surface area contributed by atoms with Crippen molar-refractivity contribution in [3.05, 3.63) is 40.9 Å². The molecule has 0 aliphatic rings. The largest absolute Gasteiger partial charge is 0.397 e. The normalized spacial score (nSPS) is 10.6. The lowest BCUT2D eigenvalue weighted by Gasteiger charge is -2.08. The van der Waals surface area contributed by atoms with Gasteiger partial charge in [-0.2, -0.15) is 0 Å². The standard InChI is InChI=1S/C11H12ClN3/c1-7-8(2)15(6-14-7)11-4-3-9(12)5-10(11)13/h3-6H,13H2,1-2H3. The molecule has 1 heterocycles. The number of nitrogens with two attached hydrogens (primary N) is 1. The van der Waals surface area contributed by atoms with Crippen LogP contribution in [0.3, 0.4) is 0 Å². The van der Waals surface area contributed by atoms with E-state index in [1.54, 1.807) is 12.4 Å². The van der Waals surface area contributed by atoms with Gasteiger partial charge < -0.3 is 10.3 Å². The summed E-state index contributed by atoms with van der Waals surface area (Å²) in [5, 5.41) is 0.644. The monoisotopic (exact) mass is 221 g/mol. The van der Waals surface area contributed by atoms with Crippen LogP contribution in [-0.2, 0) is 0 Å². The molecule has 3 nitrogen and oxygen atoms in total. The van der Waals surface area contributed by atoms with Gasteiger partial charge in [-0.05, 0) is 32.0 Å². The van der Waals surface area contributed by atoms with E-state index in [1.165, 1.54) is 0 Å². The van der Waals surface area contributed by atoms with Gasteiger partial charge in [-0.25, -0.2) is 4.98 Å². The minimum Gasteiger partial charge on any atom is -0.397 e. The number of aryl methyl sites for hydroxylation is 1. The maximum atomic E-state index is 5.90. The van der Waals surface area contributed by atoms with E-state index in [0.29, 0.717) is 10.7 Å². The second-order valence-corrected chi connectivity index (χ2v) is 3.92. The van der Waals surface area contributed by atoms with Crippen LogP contribution in [-0.4, -0.2) is 9.55 Å². The molecule has 0 saturated carbocycles. The van der Waals surface area contributed by atoms with E-state index >= 15 is 0 Å². The summed E-state index contributed by atoms with van der Waals surface area (Å²) in [6.07, 6.45) is 1.77. The third kappa shape index (κ3) is 1.70. The molecule has 0 atom stereocenters. The summed E-state index contributed by atoms with van der Waals surface area (Å²) in [6, 6.07) is 5.46. The lowest BCUT2D eigenvalue weighted by atomic mass is 10.2. The number of rotatable bonds is 1. The highest BCUT2D eigenvalue weighted by atomic mass is 35.5. The molecule has 0 bridgehead atoms. The van der Waals surface area contributed by atoms with Gasteiger partial charge in [0.1, 0.15) is 0 Å². The summed E-state index contributed by atoms with van der Waals surface area (Å²) >= 11 is 5.84. The van der Waals surface area contributed by atoms with Crippen molar-refractivity contribution in [1.29, 1.82) is 0 Å². The third-order valence-electron chi connectivity index (χ3n) is 2.50. The molecule has 0 aliphatic heterocycles. The first-order valence-corrected chi connectivity index (χ1v) is 5.03. The number of hydrogen-bond acceptors (Lipinski definition) is 2. The van der Waals surface area contributed by atoms with Crippen LogP contribution in [0, 0.1) is 13.8 Å². The molecule has 0 unspecified atom stereocenters. The molecule has 78 valence electrons. The number of aromatic nitrogens is 2. The minimum absolute atomic E-state index is 0.644. The summed E-state index contributed by atoms with van der Waals surface area (Å²) in [7, 11) is 0. The molecule has 2 N–H and O–H groups in total. The Labute approximate surface area is 93.5 Å². The van der Waals surface area contributed by atoms with Crippen molar-refractivity contribution in [1.82, 2.24) is 9.55 Å². The quantitative estimate of drug-likeness (QED) is 0.753. The van der Waals surface area contributed by atoms with Gasteiger partial charge in [0.05, 0.1) is 23.4 Å². The Bertz CT molecular complexity index is 503. The van der Waals surface area contributed by atoms with Crippen LogP contribution in [0.15, 0.2) is 24.5 Å². The van der Waals surface area contributed by atoms with Gasteiger partial charge in [0.15, 0.2) is 0 Å². The number of halogens is 1. The Morgan fingerprint density at radius 3 is 2.60 bits per heavy atom. The van der Waals surface area contributed by atoms with E-state index in [9.17, 15) is 0 Å². The van der Waals surface area contributed by atoms with Crippen LogP contribution < -0.4 is 5.73 Å². The van der Waals surface area contributed by atoms with Crippen LogP contribution in [0.2, 0.25) is 5.02 Å². The van der Waals surface area contributed by atoms with E-state index in [2.05, 4.69) is 4.98 Å². The van der Waals surface area contributed by atoms with Gasteiger partial charge in [0.25, 0.3) is 0 Å². The van der Waals surface area contributed by atoms with Gasteiger partial charge in [-0.3, -0.25) is 0 Å². The van der Waals surface area contributed by atoms with Crippen molar-refractivity contribution in [2.45, 2.75) is 13.8 Å². The number of imidazole rings is 1. The van der Waals surface area contributed by atoms with E-state index in [-0.39, 0.29) is 0 Å². The van der Waals surface area contributed by atoms with E-state index in [0.717, 1.165) is 17.1 Å². The first-order chi connectivity index (χ1) is 7.09. The Balaban J connectivity index is 2.59. The van der Waals surface area contributed by atoms with E-state index < -0.39 is 0 Å². The number of benzene rings is 1. The highest BCUT2D eigenvalue weighted by molar-refractivity contribution is 6.30. The highest BCUT2D eigenvalue weighted by Crippen LogP contribution is 2.23. The lowest BCUT2D eigenvalue weighted by molar-refractivity contribution is 1.00. The second-order valence-electron chi connectivity index (χ2n) is 3.49. The average Bonchev–Trinajstić information content (AvgIpc) is 2.49. The minimum atomic E-state index is 0.644. The van der Waals surface area contributed by atoms with Gasteiger partial charge in [0.2, 0.25) is 0 Å². The smallest absolute Gasteiger partial charge is 0.0998 e. The van der Waals surface area contributed by atoms with Crippen LogP contribution in [0.5, 0.6) is 0 Å². The maximum Gasteiger partial charge on any atom is 0.0998 e. The number of hydrogen-bond donors (Lipinski definition) is 1. The first kappa shape index (κ1) is 10.1. The summed E-state index contributed by atoms with van der Waals surface area (Å²) in [6.45, 7) is 3.98. The Hall–Kier alpha value is -1.48. The fraction of sp³-hybridized carbons (Fsp3) is 0.182. The Morgan fingerprint density at radius 2 is 2.07 bits per heavy atom. The highest BCUT2D eigenvalue weighted by Gasteiger charge is 2.07. The van der Waals surface area contributed by atoms with Crippen molar-refractivity contribution < 1.29 is 0 Å². The molecule has 0 radical (unpaired) electrons. The van der Waals surface area contributed by atoms with Crippen molar-refractivity contribution in [3.8, 4) is 5.69 Å². The van der Waals surface area contributed by atoms with Crippen molar-refractivity contribution in [2.24, 2.45) is 0 Å². The summed E-state index contributed by atoms with van der Waals surface area (Å²) < 4.78 is 1.96. The molecule has 1 aromatic heterocycles. The number of nitrogen functional groups attached to an aromatic ring is 1. The van der Waals surface area contributed by atoms with E-state index in [1.807, 2.05) is 30.5 Å². The molecular weight excluding hydrogens is 210 g/mol. The summed E-state index contributed by atoms with van der Waals surface area (Å²) in [5.41, 5.74) is 9.56. The molecule has 0 saturated heterocycles. The van der Waals surface area contributed by atoms with Crippen LogP contribution >= 0.6 is 11.6 Å². The third-order valence-corrected chi connectivity index (χ3v) is 2.74.